The van der Waals surface area contributed by atoms with Gasteiger partial charge >= 0.3 is 0 Å². The van der Waals surface area contributed by atoms with Crippen LogP contribution in [0.4, 0.5) is 0 Å². The van der Waals surface area contributed by atoms with Gasteiger partial charge in [0.2, 0.25) is 0 Å². The molecule has 1 rings (SSSR count). The van der Waals surface area contributed by atoms with Crippen LogP contribution in [0.25, 0.3) is 0 Å². The largest absolute Gasteiger partial charge is 0.382 e. The Kier molecular flexibility index (Phi) is 7.44. The van der Waals surface area contributed by atoms with E-state index in [0.29, 0.717) is 10.8 Å². The van der Waals surface area contributed by atoms with Gasteiger partial charge in [0.1, 0.15) is 4.90 Å². The van der Waals surface area contributed by atoms with Gasteiger partial charge < -0.3 is 4.74 Å². The fraction of sp³-hybridized carbons (Fsp3) is 0.684. The van der Waals surface area contributed by atoms with Gasteiger partial charge in [0.15, 0.2) is 0 Å². The van der Waals surface area contributed by atoms with Gasteiger partial charge in [-0.1, -0.05) is 53.7 Å². The van der Waals surface area contributed by atoms with Crippen molar-refractivity contribution >= 4 is 10.1 Å². The standard InChI is InChI=1S/C19H32O4S/c1-12(2)16-9-17(13(3)4)19(18(10-16)14(5)6)24(20,21)23-15(7)11-22-8/h9-10,12-15H,11H2,1-8H3. The molecule has 0 heterocycles. The quantitative estimate of drug-likeness (QED) is 0.628. The van der Waals surface area contributed by atoms with Gasteiger partial charge in [-0.15, -0.1) is 0 Å². The average Bonchev–Trinajstić information content (AvgIpc) is 2.45. The minimum Gasteiger partial charge on any atom is -0.382 e. The molecule has 4 nitrogen and oxygen atoms in total. The SMILES string of the molecule is COCC(C)OS(=O)(=O)c1c(C(C)C)cc(C(C)C)cc1C(C)C. The Hall–Kier alpha value is -0.910. The van der Waals surface area contributed by atoms with Gasteiger partial charge in [0.25, 0.3) is 10.1 Å². The van der Waals surface area contributed by atoms with Crippen molar-refractivity contribution in [3.63, 3.8) is 0 Å². The summed E-state index contributed by atoms with van der Waals surface area (Å²) in [5, 5.41) is 0. The number of rotatable bonds is 8. The zero-order valence-electron chi connectivity index (χ0n) is 16.2. The average molecular weight is 357 g/mol. The van der Waals surface area contributed by atoms with Gasteiger partial charge in [0.05, 0.1) is 12.7 Å². The molecule has 1 aromatic carbocycles. The summed E-state index contributed by atoms with van der Waals surface area (Å²) in [6.07, 6.45) is -0.523. The van der Waals surface area contributed by atoms with Crippen LogP contribution in [0.15, 0.2) is 17.0 Å². The summed E-state index contributed by atoms with van der Waals surface area (Å²) in [4.78, 5) is 0.333. The van der Waals surface area contributed by atoms with Crippen molar-refractivity contribution in [3.05, 3.63) is 28.8 Å². The fourth-order valence-electron chi connectivity index (χ4n) is 2.71. The fourth-order valence-corrected chi connectivity index (χ4v) is 4.46. The molecule has 1 aromatic rings. The van der Waals surface area contributed by atoms with Crippen LogP contribution >= 0.6 is 0 Å². The third-order valence-electron chi connectivity index (χ3n) is 4.02. The molecular weight excluding hydrogens is 324 g/mol. The predicted molar refractivity (Wildman–Crippen MR) is 98.3 cm³/mol. The second kappa shape index (κ2) is 8.45. The highest BCUT2D eigenvalue weighted by Crippen LogP contribution is 2.36. The Bertz CT molecular complexity index is 616. The molecule has 138 valence electrons. The molecule has 0 bridgehead atoms. The Balaban J connectivity index is 3.59. The molecular formula is C19H32O4S. The van der Waals surface area contributed by atoms with Gasteiger partial charge in [-0.05, 0) is 41.4 Å². The summed E-state index contributed by atoms with van der Waals surface area (Å²) < 4.78 is 36.3. The Labute approximate surface area is 147 Å². The lowest BCUT2D eigenvalue weighted by atomic mass is 9.89. The first-order valence-corrected chi connectivity index (χ1v) is 10.0. The van der Waals surface area contributed by atoms with E-state index in [1.807, 2.05) is 39.8 Å². The van der Waals surface area contributed by atoms with Crippen molar-refractivity contribution in [1.29, 1.82) is 0 Å². The van der Waals surface area contributed by atoms with Crippen molar-refractivity contribution in [2.45, 2.75) is 77.2 Å². The van der Waals surface area contributed by atoms with Crippen LogP contribution in [0.2, 0.25) is 0 Å². The van der Waals surface area contributed by atoms with E-state index >= 15 is 0 Å². The van der Waals surface area contributed by atoms with E-state index < -0.39 is 16.2 Å². The summed E-state index contributed by atoms with van der Waals surface area (Å²) in [5.74, 6) is 0.518. The predicted octanol–water partition coefficient (Wildman–Crippen LogP) is 4.80. The molecule has 0 saturated carbocycles. The summed E-state index contributed by atoms with van der Waals surface area (Å²) in [6, 6.07) is 4.02. The third-order valence-corrected chi connectivity index (χ3v) is 5.58. The second-order valence-corrected chi connectivity index (χ2v) is 8.82. The molecule has 0 aliphatic heterocycles. The lowest BCUT2D eigenvalue weighted by Gasteiger charge is -2.23. The van der Waals surface area contributed by atoms with Crippen LogP contribution in [0.5, 0.6) is 0 Å². The van der Waals surface area contributed by atoms with E-state index in [1.54, 1.807) is 6.92 Å². The molecule has 0 aliphatic carbocycles. The summed E-state index contributed by atoms with van der Waals surface area (Å²) in [7, 11) is -2.32. The van der Waals surface area contributed by atoms with Gasteiger partial charge in [0, 0.05) is 7.11 Å². The zero-order valence-corrected chi connectivity index (χ0v) is 17.0. The summed E-state index contributed by atoms with van der Waals surface area (Å²) >= 11 is 0. The first-order valence-electron chi connectivity index (χ1n) is 8.61. The second-order valence-electron chi connectivity index (χ2n) is 7.31. The van der Waals surface area contributed by atoms with E-state index in [9.17, 15) is 8.42 Å². The van der Waals surface area contributed by atoms with E-state index in [4.69, 9.17) is 8.92 Å². The molecule has 1 unspecified atom stereocenters. The van der Waals surface area contributed by atoms with Crippen molar-refractivity contribution in [2.75, 3.05) is 13.7 Å². The lowest BCUT2D eigenvalue weighted by molar-refractivity contribution is 0.0961. The van der Waals surface area contributed by atoms with Gasteiger partial charge in [-0.3, -0.25) is 4.18 Å². The zero-order chi connectivity index (χ0) is 18.7. The van der Waals surface area contributed by atoms with Crippen LogP contribution in [0, 0.1) is 0 Å². The molecule has 0 aromatic heterocycles. The molecule has 24 heavy (non-hydrogen) atoms. The molecule has 0 saturated heterocycles. The van der Waals surface area contributed by atoms with E-state index in [-0.39, 0.29) is 18.4 Å². The number of methoxy groups -OCH3 is 1. The van der Waals surface area contributed by atoms with Crippen LogP contribution < -0.4 is 0 Å². The molecule has 0 N–H and O–H groups in total. The van der Waals surface area contributed by atoms with Crippen LogP contribution in [0.3, 0.4) is 0 Å². The lowest BCUT2D eigenvalue weighted by Crippen LogP contribution is -2.22. The maximum atomic E-state index is 13.0. The van der Waals surface area contributed by atoms with Crippen LogP contribution in [0.1, 0.15) is 82.9 Å². The molecule has 1 atom stereocenters. The van der Waals surface area contributed by atoms with E-state index in [2.05, 4.69) is 13.8 Å². The van der Waals surface area contributed by atoms with Crippen LogP contribution in [-0.2, 0) is 19.0 Å². The topological polar surface area (TPSA) is 52.6 Å². The number of ether oxygens (including phenoxy) is 1. The Morgan fingerprint density at radius 1 is 0.875 bits per heavy atom. The van der Waals surface area contributed by atoms with Crippen molar-refractivity contribution in [2.24, 2.45) is 0 Å². The minimum absolute atomic E-state index is 0.0901. The molecule has 0 fully saturated rings. The third kappa shape index (κ3) is 5.04. The van der Waals surface area contributed by atoms with Crippen LogP contribution in [-0.4, -0.2) is 28.2 Å². The van der Waals surface area contributed by atoms with E-state index in [0.717, 1.165) is 16.7 Å². The maximum Gasteiger partial charge on any atom is 0.297 e. The van der Waals surface area contributed by atoms with E-state index in [1.165, 1.54) is 7.11 Å². The molecule has 0 radical (unpaired) electrons. The molecule has 5 heteroatoms. The van der Waals surface area contributed by atoms with Crippen molar-refractivity contribution in [1.82, 2.24) is 0 Å². The smallest absolute Gasteiger partial charge is 0.297 e. The van der Waals surface area contributed by atoms with Crippen molar-refractivity contribution < 1.29 is 17.3 Å². The van der Waals surface area contributed by atoms with Gasteiger partial charge in [-0.2, -0.15) is 8.42 Å². The number of benzene rings is 1. The minimum atomic E-state index is -3.86. The monoisotopic (exact) mass is 356 g/mol. The maximum absolute atomic E-state index is 13.0. The highest BCUT2D eigenvalue weighted by atomic mass is 32.2. The highest BCUT2D eigenvalue weighted by molar-refractivity contribution is 7.86. The first kappa shape index (κ1) is 21.1. The Morgan fingerprint density at radius 3 is 1.67 bits per heavy atom. The first-order chi connectivity index (χ1) is 11.0. The van der Waals surface area contributed by atoms with Crippen molar-refractivity contribution in [3.8, 4) is 0 Å². The summed E-state index contributed by atoms with van der Waals surface area (Å²) in [5.41, 5.74) is 2.82. The highest BCUT2D eigenvalue weighted by Gasteiger charge is 2.29. The Morgan fingerprint density at radius 2 is 1.33 bits per heavy atom. The summed E-state index contributed by atoms with van der Waals surface area (Å²) in [6.45, 7) is 14.2. The molecule has 0 amide bonds. The normalized spacial score (nSPS) is 14.0. The number of hydrogen-bond acceptors (Lipinski definition) is 4. The molecule has 0 aliphatic rings. The van der Waals surface area contributed by atoms with Gasteiger partial charge in [-0.25, -0.2) is 0 Å². The molecule has 0 spiro atoms. The number of hydrogen-bond donors (Lipinski definition) is 0.